The van der Waals surface area contributed by atoms with Gasteiger partial charge < -0.3 is 19.9 Å². The highest BCUT2D eigenvalue weighted by Crippen LogP contribution is 2.36. The molecule has 23 heavy (non-hydrogen) atoms. The van der Waals surface area contributed by atoms with Gasteiger partial charge in [-0.15, -0.1) is 0 Å². The first-order chi connectivity index (χ1) is 11.0. The van der Waals surface area contributed by atoms with Crippen LogP contribution in [0.1, 0.15) is 54.9 Å². The maximum Gasteiger partial charge on any atom is 0.251 e. The Kier molecular flexibility index (Phi) is 5.88. The van der Waals surface area contributed by atoms with E-state index in [4.69, 9.17) is 9.47 Å². The molecule has 1 aromatic carbocycles. The summed E-state index contributed by atoms with van der Waals surface area (Å²) < 4.78 is 10.9. The van der Waals surface area contributed by atoms with E-state index in [1.54, 1.807) is 26.4 Å². The number of amides is 1. The molecule has 0 aromatic heterocycles. The Morgan fingerprint density at radius 3 is 2.30 bits per heavy atom. The lowest BCUT2D eigenvalue weighted by atomic mass is 9.98. The highest BCUT2D eigenvalue weighted by Gasteiger charge is 2.26. The zero-order valence-electron chi connectivity index (χ0n) is 14.4. The van der Waals surface area contributed by atoms with Crippen molar-refractivity contribution in [2.45, 2.75) is 45.1 Å². The molecule has 128 valence electrons. The molecule has 5 heteroatoms. The Balaban J connectivity index is 2.20. The molecule has 0 unspecified atom stereocenters. The van der Waals surface area contributed by atoms with Crippen LogP contribution in [0.5, 0.6) is 11.5 Å². The molecule has 2 N–H and O–H groups in total. The number of ether oxygens (including phenoxy) is 2. The van der Waals surface area contributed by atoms with Crippen molar-refractivity contribution in [3.05, 3.63) is 23.3 Å². The molecule has 1 saturated carbocycles. The molecule has 1 amide bonds. The third-order valence-electron chi connectivity index (χ3n) is 4.52. The topological polar surface area (TPSA) is 67.8 Å². The van der Waals surface area contributed by atoms with E-state index in [1.807, 2.05) is 0 Å². The lowest BCUT2D eigenvalue weighted by Crippen LogP contribution is -2.33. The molecule has 0 bridgehead atoms. The fourth-order valence-electron chi connectivity index (χ4n) is 3.28. The van der Waals surface area contributed by atoms with Crippen LogP contribution in [-0.4, -0.2) is 37.9 Å². The Hall–Kier alpha value is -1.75. The van der Waals surface area contributed by atoms with Crippen molar-refractivity contribution in [3.63, 3.8) is 0 Å². The first kappa shape index (κ1) is 17.6. The minimum Gasteiger partial charge on any atom is -0.496 e. The van der Waals surface area contributed by atoms with E-state index in [0.717, 1.165) is 24.8 Å². The second kappa shape index (κ2) is 7.68. The van der Waals surface area contributed by atoms with Crippen molar-refractivity contribution in [1.82, 2.24) is 5.32 Å². The molecule has 2 rings (SSSR count). The average Bonchev–Trinajstić information content (AvgIpc) is 3.00. The second-order valence-corrected chi connectivity index (χ2v) is 6.48. The normalized spacial score (nSPS) is 20.6. The largest absolute Gasteiger partial charge is 0.496 e. The lowest BCUT2D eigenvalue weighted by Gasteiger charge is -2.19. The predicted octanol–water partition coefficient (Wildman–Crippen LogP) is 2.72. The van der Waals surface area contributed by atoms with Crippen LogP contribution >= 0.6 is 0 Å². The lowest BCUT2D eigenvalue weighted by molar-refractivity contribution is 0.0935. The summed E-state index contributed by atoms with van der Waals surface area (Å²) in [5.41, 5.74) is 1.50. The zero-order valence-corrected chi connectivity index (χ0v) is 14.4. The van der Waals surface area contributed by atoms with Crippen molar-refractivity contribution >= 4 is 5.91 Å². The molecule has 1 aliphatic carbocycles. The quantitative estimate of drug-likeness (QED) is 0.845. The predicted molar refractivity (Wildman–Crippen MR) is 89.3 cm³/mol. The molecule has 0 saturated heterocycles. The van der Waals surface area contributed by atoms with E-state index in [0.29, 0.717) is 23.0 Å². The highest BCUT2D eigenvalue weighted by molar-refractivity contribution is 5.95. The summed E-state index contributed by atoms with van der Waals surface area (Å²) in [6, 6.07) is 3.67. The summed E-state index contributed by atoms with van der Waals surface area (Å²) in [5.74, 6) is 1.75. The average molecular weight is 321 g/mol. The van der Waals surface area contributed by atoms with Gasteiger partial charge in [0, 0.05) is 23.8 Å². The first-order valence-electron chi connectivity index (χ1n) is 8.17. The van der Waals surface area contributed by atoms with Gasteiger partial charge in [-0.1, -0.05) is 13.8 Å². The van der Waals surface area contributed by atoms with Gasteiger partial charge in [-0.25, -0.2) is 0 Å². The van der Waals surface area contributed by atoms with Gasteiger partial charge in [0.25, 0.3) is 5.91 Å². The van der Waals surface area contributed by atoms with Crippen LogP contribution in [0.25, 0.3) is 0 Å². The molecular formula is C18H27NO4. The van der Waals surface area contributed by atoms with Crippen LogP contribution in [0, 0.1) is 5.92 Å². The molecule has 1 fully saturated rings. The maximum absolute atomic E-state index is 12.5. The number of nitrogens with one attached hydrogen (secondary N) is 1. The van der Waals surface area contributed by atoms with Crippen LogP contribution < -0.4 is 14.8 Å². The maximum atomic E-state index is 12.5. The standard InChI is InChI=1S/C18H27NO4/c1-11(2)17-15(22-3)8-13(9-16(17)23-4)18(21)19-14-6-5-12(7-14)10-20/h8-9,11-12,14,20H,5-7,10H2,1-4H3,(H,19,21)/t12-,14+/m1/s1. The van der Waals surface area contributed by atoms with E-state index in [1.165, 1.54) is 0 Å². The van der Waals surface area contributed by atoms with Gasteiger partial charge in [0.15, 0.2) is 0 Å². The summed E-state index contributed by atoms with van der Waals surface area (Å²) in [5, 5.41) is 12.3. The summed E-state index contributed by atoms with van der Waals surface area (Å²) in [7, 11) is 3.20. The van der Waals surface area contributed by atoms with Crippen LogP contribution in [0.2, 0.25) is 0 Å². The van der Waals surface area contributed by atoms with Gasteiger partial charge in [0.1, 0.15) is 11.5 Å². The van der Waals surface area contributed by atoms with E-state index in [-0.39, 0.29) is 24.5 Å². The molecule has 0 aliphatic heterocycles. The fraction of sp³-hybridized carbons (Fsp3) is 0.611. The second-order valence-electron chi connectivity index (χ2n) is 6.48. The van der Waals surface area contributed by atoms with Crippen molar-refractivity contribution in [2.75, 3.05) is 20.8 Å². The smallest absolute Gasteiger partial charge is 0.251 e. The van der Waals surface area contributed by atoms with Crippen molar-refractivity contribution in [1.29, 1.82) is 0 Å². The van der Waals surface area contributed by atoms with E-state index in [2.05, 4.69) is 19.2 Å². The number of aliphatic hydroxyl groups is 1. The monoisotopic (exact) mass is 321 g/mol. The molecule has 5 nitrogen and oxygen atoms in total. The Morgan fingerprint density at radius 1 is 1.26 bits per heavy atom. The van der Waals surface area contributed by atoms with Crippen molar-refractivity contribution in [3.8, 4) is 11.5 Å². The van der Waals surface area contributed by atoms with Crippen LogP contribution in [-0.2, 0) is 0 Å². The molecule has 1 aliphatic rings. The number of carbonyl (C=O) groups is 1. The van der Waals surface area contributed by atoms with E-state index in [9.17, 15) is 9.90 Å². The summed E-state index contributed by atoms with van der Waals surface area (Å²) in [6.45, 7) is 4.32. The molecule has 2 atom stereocenters. The number of hydrogen-bond acceptors (Lipinski definition) is 4. The third kappa shape index (κ3) is 3.96. The minimum atomic E-state index is -0.125. The number of rotatable bonds is 6. The van der Waals surface area contributed by atoms with Gasteiger partial charge in [-0.05, 0) is 43.2 Å². The zero-order chi connectivity index (χ0) is 17.0. The summed E-state index contributed by atoms with van der Waals surface area (Å²) in [4.78, 5) is 12.5. The Bertz CT molecular complexity index is 531. The molecule has 0 spiro atoms. The van der Waals surface area contributed by atoms with E-state index >= 15 is 0 Å². The Labute approximate surface area is 138 Å². The number of hydrogen-bond donors (Lipinski definition) is 2. The van der Waals surface area contributed by atoms with Crippen molar-refractivity contribution in [2.24, 2.45) is 5.92 Å². The molecule has 0 radical (unpaired) electrons. The Morgan fingerprint density at radius 2 is 1.87 bits per heavy atom. The van der Waals surface area contributed by atoms with Crippen LogP contribution in [0.4, 0.5) is 0 Å². The number of aliphatic hydroxyl groups excluding tert-OH is 1. The van der Waals surface area contributed by atoms with Gasteiger partial charge in [-0.3, -0.25) is 4.79 Å². The molecular weight excluding hydrogens is 294 g/mol. The number of methoxy groups -OCH3 is 2. The molecule has 0 heterocycles. The summed E-state index contributed by atoms with van der Waals surface area (Å²) >= 11 is 0. The summed E-state index contributed by atoms with van der Waals surface area (Å²) in [6.07, 6.45) is 2.70. The van der Waals surface area contributed by atoms with Gasteiger partial charge in [0.2, 0.25) is 0 Å². The minimum absolute atomic E-state index is 0.125. The van der Waals surface area contributed by atoms with E-state index < -0.39 is 0 Å². The van der Waals surface area contributed by atoms with Crippen LogP contribution in [0.3, 0.4) is 0 Å². The van der Waals surface area contributed by atoms with Gasteiger partial charge in [0.05, 0.1) is 14.2 Å². The number of carbonyl (C=O) groups excluding carboxylic acids is 1. The molecule has 1 aromatic rings. The number of benzene rings is 1. The van der Waals surface area contributed by atoms with Crippen LogP contribution in [0.15, 0.2) is 12.1 Å². The highest BCUT2D eigenvalue weighted by atomic mass is 16.5. The first-order valence-corrected chi connectivity index (χ1v) is 8.17. The SMILES string of the molecule is COc1cc(C(=O)N[C@H]2CC[C@@H](CO)C2)cc(OC)c1C(C)C. The third-order valence-corrected chi connectivity index (χ3v) is 4.52. The van der Waals surface area contributed by atoms with Gasteiger partial charge >= 0.3 is 0 Å². The van der Waals surface area contributed by atoms with Crippen molar-refractivity contribution < 1.29 is 19.4 Å². The van der Waals surface area contributed by atoms with Gasteiger partial charge in [-0.2, -0.15) is 0 Å². The fourth-order valence-corrected chi connectivity index (χ4v) is 3.28.